The maximum atomic E-state index is 8.52. The number of rotatable bonds is 0. The van der Waals surface area contributed by atoms with Crippen LogP contribution in [-0.2, 0) is 41.6 Å². The Morgan fingerprint density at radius 2 is 0.296 bits per heavy atom. The van der Waals surface area contributed by atoms with E-state index in [-0.39, 0.29) is 167 Å². The molecular weight excluding hydrogens is 593 g/mol. The minimum atomic E-state index is -5.17. The summed E-state index contributed by atoms with van der Waals surface area (Å²) in [5.74, 6) is 0. The molecule has 27 heteroatoms. The van der Waals surface area contributed by atoms with E-state index in [1.54, 1.807) is 0 Å². The molecule has 0 saturated heterocycles. The van der Waals surface area contributed by atoms with Gasteiger partial charge in [-0.1, -0.05) is 0 Å². The van der Waals surface area contributed by atoms with Crippen LogP contribution in [0.25, 0.3) is 0 Å². The molecule has 0 heterocycles. The summed E-state index contributed by atoms with van der Waals surface area (Å²) in [7, 11) is -20.7. The van der Waals surface area contributed by atoms with Gasteiger partial charge in [0.05, 0.1) is 0 Å². The van der Waals surface area contributed by atoms with Crippen molar-refractivity contribution in [2.24, 2.45) is 0 Å². The molecule has 0 aromatic carbocycles. The molecule has 6 N–H and O–H groups in total. The Morgan fingerprint density at radius 3 is 0.296 bits per heavy atom. The van der Waals surface area contributed by atoms with Crippen LogP contribution in [0.15, 0.2) is 0 Å². The van der Waals surface area contributed by atoms with Crippen LogP contribution in [0.2, 0.25) is 0 Å². The Morgan fingerprint density at radius 1 is 0.296 bits per heavy atom. The Balaban J connectivity index is -0.0000000129. The Kier molecular flexibility index (Phi) is 84.1. The average Bonchev–Trinajstić information content (AvgIpc) is 1.62. The SMILES string of the molecule is O.O.O.O=S(=O)([O-])[O-].O=S(=O)([O-])[O-].O=S(=O)([O-])[O-].O=S(=O)([O-])[O-].[Ca+2].[Ca+2].[Ca+2].[Ca+2]. The van der Waals surface area contributed by atoms with Gasteiger partial charge in [0.2, 0.25) is 0 Å². The first-order valence-electron chi connectivity index (χ1n) is 2.67. The fourth-order valence-corrected chi connectivity index (χ4v) is 0. The van der Waals surface area contributed by atoms with E-state index in [4.69, 9.17) is 70.1 Å². The van der Waals surface area contributed by atoms with Gasteiger partial charge in [-0.05, 0) is 0 Å². The molecular formula is H6Ca4O19S4. The van der Waals surface area contributed by atoms with E-state index in [0.717, 1.165) is 0 Å². The maximum Gasteiger partial charge on any atom is 2.00 e. The molecule has 0 spiro atoms. The van der Waals surface area contributed by atoms with Gasteiger partial charge >= 0.3 is 151 Å². The Hall–Kier alpha value is 4.40. The molecule has 0 rings (SSSR count). The monoisotopic (exact) mass is 598 g/mol. The van der Waals surface area contributed by atoms with E-state index < -0.39 is 41.6 Å². The number of hydrogen-bond acceptors (Lipinski definition) is 16. The quantitative estimate of drug-likeness (QED) is 0.142. The second-order valence-electron chi connectivity index (χ2n) is 1.63. The van der Waals surface area contributed by atoms with Crippen molar-refractivity contribution in [2.75, 3.05) is 0 Å². The fourth-order valence-electron chi connectivity index (χ4n) is 0. The summed E-state index contributed by atoms with van der Waals surface area (Å²) < 4.78 is 136. The minimum absolute atomic E-state index is 0. The third-order valence-corrected chi connectivity index (χ3v) is 0. The van der Waals surface area contributed by atoms with Crippen LogP contribution in [0, 0.1) is 0 Å². The fraction of sp³-hybridized carbons (Fsp3) is 0. The van der Waals surface area contributed by atoms with Crippen molar-refractivity contribution in [2.45, 2.75) is 0 Å². The maximum absolute atomic E-state index is 8.52. The van der Waals surface area contributed by atoms with E-state index in [2.05, 4.69) is 0 Å². The van der Waals surface area contributed by atoms with E-state index in [1.165, 1.54) is 0 Å². The zero-order chi connectivity index (χ0) is 18.0. The summed E-state index contributed by atoms with van der Waals surface area (Å²) >= 11 is 0. The molecule has 0 amide bonds. The van der Waals surface area contributed by atoms with Gasteiger partial charge < -0.3 is 52.9 Å². The summed E-state index contributed by atoms with van der Waals surface area (Å²) in [5, 5.41) is 0. The summed E-state index contributed by atoms with van der Waals surface area (Å²) in [6.07, 6.45) is 0. The molecule has 0 radical (unpaired) electrons. The van der Waals surface area contributed by atoms with E-state index in [1.807, 2.05) is 0 Å². The minimum Gasteiger partial charge on any atom is -0.759 e. The van der Waals surface area contributed by atoms with Crippen LogP contribution < -0.4 is 0 Å². The summed E-state index contributed by atoms with van der Waals surface area (Å²) in [4.78, 5) is 0. The van der Waals surface area contributed by atoms with Crippen molar-refractivity contribution >= 4 is 193 Å². The molecule has 0 aromatic rings. The summed E-state index contributed by atoms with van der Waals surface area (Å²) in [6, 6.07) is 0. The molecule has 152 valence electrons. The molecule has 0 aliphatic carbocycles. The first-order valence-corrected chi connectivity index (χ1v) is 8.00. The second-order valence-corrected chi connectivity index (χ2v) is 4.90. The van der Waals surface area contributed by atoms with E-state index in [0.29, 0.717) is 0 Å². The zero-order valence-corrected chi connectivity index (χ0v) is 24.6. The normalized spacial score (nSPS) is 8.59. The molecule has 0 saturated carbocycles. The predicted molar refractivity (Wildman–Crippen MR) is 75.8 cm³/mol. The van der Waals surface area contributed by atoms with Crippen molar-refractivity contribution in [3.63, 3.8) is 0 Å². The Bertz CT molecular complexity index is 484. The van der Waals surface area contributed by atoms with Crippen molar-refractivity contribution in [3.05, 3.63) is 0 Å². The van der Waals surface area contributed by atoms with Crippen molar-refractivity contribution in [1.29, 1.82) is 0 Å². The van der Waals surface area contributed by atoms with Gasteiger partial charge in [0.25, 0.3) is 0 Å². The van der Waals surface area contributed by atoms with E-state index in [9.17, 15) is 0 Å². The second kappa shape index (κ2) is 32.6. The van der Waals surface area contributed by atoms with Gasteiger partial charge in [-0.25, -0.2) is 0 Å². The van der Waals surface area contributed by atoms with Crippen LogP contribution in [0.5, 0.6) is 0 Å². The molecule has 19 nitrogen and oxygen atoms in total. The van der Waals surface area contributed by atoms with Crippen molar-refractivity contribution in [1.82, 2.24) is 0 Å². The van der Waals surface area contributed by atoms with Crippen LogP contribution >= 0.6 is 0 Å². The smallest absolute Gasteiger partial charge is 0.759 e. The first-order chi connectivity index (χ1) is 8.00. The van der Waals surface area contributed by atoms with Crippen LogP contribution in [0.1, 0.15) is 0 Å². The molecule has 0 fully saturated rings. The van der Waals surface area contributed by atoms with Crippen LogP contribution in [0.3, 0.4) is 0 Å². The van der Waals surface area contributed by atoms with Gasteiger partial charge in [-0.15, -0.1) is 0 Å². The van der Waals surface area contributed by atoms with Crippen molar-refractivity contribution in [3.8, 4) is 0 Å². The Labute approximate surface area is 273 Å². The molecule has 0 aliphatic rings. The molecule has 0 bridgehead atoms. The van der Waals surface area contributed by atoms with Crippen LogP contribution in [-0.4, -0.2) is 237 Å². The zero-order valence-electron chi connectivity index (χ0n) is 12.5. The van der Waals surface area contributed by atoms with Gasteiger partial charge in [0.15, 0.2) is 0 Å². The van der Waals surface area contributed by atoms with E-state index >= 15 is 0 Å². The molecule has 0 aromatic heterocycles. The van der Waals surface area contributed by atoms with Crippen LogP contribution in [0.4, 0.5) is 0 Å². The summed E-state index contributed by atoms with van der Waals surface area (Å²) in [6.45, 7) is 0. The third-order valence-electron chi connectivity index (χ3n) is 0. The average molecular weight is 599 g/mol. The topological polar surface area (TPSA) is 416 Å². The van der Waals surface area contributed by atoms with Gasteiger partial charge in [0, 0.05) is 41.6 Å². The number of hydrogen-bond donors (Lipinski definition) is 0. The standard InChI is InChI=1S/4Ca.4H2O4S.3H2O/c;;;;4*1-5(2,3)4;;;/h;;;;4*(H2,1,2,3,4);3*1H2/q4*+2;;;;;;;/p-8. The van der Waals surface area contributed by atoms with Gasteiger partial charge in [-0.2, -0.15) is 0 Å². The van der Waals surface area contributed by atoms with Crippen molar-refractivity contribution < 1.29 is 86.5 Å². The third kappa shape index (κ3) is 1270. The molecule has 0 aliphatic heterocycles. The predicted octanol–water partition coefficient (Wildman–Crippen LogP) is -9.35. The summed E-state index contributed by atoms with van der Waals surface area (Å²) in [5.41, 5.74) is 0. The molecule has 0 atom stereocenters. The largest absolute Gasteiger partial charge is 2.00 e. The molecule has 27 heavy (non-hydrogen) atoms. The van der Waals surface area contributed by atoms with Gasteiger partial charge in [0.1, 0.15) is 0 Å². The first kappa shape index (κ1) is 69.7. The molecule has 0 unspecified atom stereocenters. The van der Waals surface area contributed by atoms with Gasteiger partial charge in [-0.3, -0.25) is 33.7 Å².